The molecular weight excluding hydrogens is 338 g/mol. The fraction of sp³-hybridized carbons (Fsp3) is 0.381. The van der Waals surface area contributed by atoms with Crippen LogP contribution in [0.5, 0.6) is 0 Å². The highest BCUT2D eigenvalue weighted by Gasteiger charge is 2.48. The van der Waals surface area contributed by atoms with Crippen LogP contribution in [0, 0.1) is 12.3 Å². The van der Waals surface area contributed by atoms with Crippen molar-refractivity contribution in [3.8, 4) is 0 Å². The van der Waals surface area contributed by atoms with E-state index in [-0.39, 0.29) is 11.3 Å². The molecule has 2 fully saturated rings. The Morgan fingerprint density at radius 3 is 2.67 bits per heavy atom. The Kier molecular flexibility index (Phi) is 3.67. The number of benzene rings is 1. The number of rotatable bonds is 2. The lowest BCUT2D eigenvalue weighted by Gasteiger charge is -2.25. The lowest BCUT2D eigenvalue weighted by molar-refractivity contribution is 0.0741. The third-order valence-electron chi connectivity index (χ3n) is 5.87. The van der Waals surface area contributed by atoms with E-state index in [1.807, 2.05) is 48.4 Å². The number of aryl methyl sites for hydroxylation is 1. The molecule has 1 saturated carbocycles. The molecule has 3 aromatic rings. The van der Waals surface area contributed by atoms with Crippen molar-refractivity contribution in [2.24, 2.45) is 5.41 Å². The second-order valence-corrected chi connectivity index (χ2v) is 7.95. The summed E-state index contributed by atoms with van der Waals surface area (Å²) < 4.78 is 0. The molecule has 3 heterocycles. The number of amides is 1. The van der Waals surface area contributed by atoms with Gasteiger partial charge in [0, 0.05) is 43.4 Å². The summed E-state index contributed by atoms with van der Waals surface area (Å²) in [6, 6.07) is 9.92. The molecule has 2 aromatic heterocycles. The van der Waals surface area contributed by atoms with Gasteiger partial charge in [-0.3, -0.25) is 4.79 Å². The molecule has 138 valence electrons. The third kappa shape index (κ3) is 2.95. The molecular formula is C21H23N5O. The largest absolute Gasteiger partial charge is 0.354 e. The zero-order valence-electron chi connectivity index (χ0n) is 15.5. The first-order chi connectivity index (χ1) is 13.1. The van der Waals surface area contributed by atoms with E-state index in [2.05, 4.69) is 19.9 Å². The maximum absolute atomic E-state index is 13.1. The summed E-state index contributed by atoms with van der Waals surface area (Å²) in [4.78, 5) is 29.5. The summed E-state index contributed by atoms with van der Waals surface area (Å²) in [6.07, 6.45) is 5.86. The van der Waals surface area contributed by atoms with Crippen LogP contribution in [-0.4, -0.2) is 51.9 Å². The van der Waals surface area contributed by atoms with E-state index in [4.69, 9.17) is 0 Å². The van der Waals surface area contributed by atoms with Crippen molar-refractivity contribution in [2.45, 2.75) is 19.8 Å². The van der Waals surface area contributed by atoms with Gasteiger partial charge >= 0.3 is 0 Å². The minimum absolute atomic E-state index is 0.137. The molecule has 6 heteroatoms. The average molecular weight is 361 g/mol. The smallest absolute Gasteiger partial charge is 0.253 e. The molecule has 1 amide bonds. The van der Waals surface area contributed by atoms with E-state index in [1.165, 1.54) is 18.4 Å². The standard InChI is InChI=1S/C21H23N5O/c1-15-2-4-16(5-3-15)20(27)26-11-10-25(12-21(13-26)7-8-21)19-17-6-9-22-18(17)23-14-24-19/h2-6,9,14H,7-8,10-13H2,1H3,(H,22,23,24). The third-order valence-corrected chi connectivity index (χ3v) is 5.87. The molecule has 1 aromatic carbocycles. The summed E-state index contributed by atoms with van der Waals surface area (Å²) in [5.74, 6) is 1.11. The summed E-state index contributed by atoms with van der Waals surface area (Å²) in [5, 5.41) is 1.05. The van der Waals surface area contributed by atoms with Gasteiger partial charge in [-0.2, -0.15) is 0 Å². The Morgan fingerprint density at radius 2 is 1.89 bits per heavy atom. The molecule has 1 saturated heterocycles. The molecule has 2 aliphatic rings. The van der Waals surface area contributed by atoms with Crippen molar-refractivity contribution in [2.75, 3.05) is 31.1 Å². The quantitative estimate of drug-likeness (QED) is 0.762. The van der Waals surface area contributed by atoms with Crippen LogP contribution >= 0.6 is 0 Å². The average Bonchev–Trinajstić information content (AvgIpc) is 3.32. The second kappa shape index (κ2) is 6.08. The van der Waals surface area contributed by atoms with Crippen LogP contribution in [0.1, 0.15) is 28.8 Å². The molecule has 1 spiro atoms. The summed E-state index contributed by atoms with van der Waals surface area (Å²) in [7, 11) is 0. The van der Waals surface area contributed by atoms with Crippen molar-refractivity contribution in [1.82, 2.24) is 19.9 Å². The molecule has 0 bridgehead atoms. The van der Waals surface area contributed by atoms with Gasteiger partial charge in [-0.1, -0.05) is 17.7 Å². The van der Waals surface area contributed by atoms with Gasteiger partial charge < -0.3 is 14.8 Å². The Labute approximate surface area is 158 Å². The maximum atomic E-state index is 13.1. The number of H-pyrrole nitrogens is 1. The number of hydrogen-bond acceptors (Lipinski definition) is 4. The molecule has 0 unspecified atom stereocenters. The summed E-state index contributed by atoms with van der Waals surface area (Å²) in [5.41, 5.74) is 3.01. The molecule has 1 aliphatic carbocycles. The van der Waals surface area contributed by atoms with E-state index in [9.17, 15) is 4.79 Å². The minimum atomic E-state index is 0.137. The minimum Gasteiger partial charge on any atom is -0.354 e. The first-order valence-corrected chi connectivity index (χ1v) is 9.53. The highest BCUT2D eigenvalue weighted by atomic mass is 16.2. The molecule has 1 N–H and O–H groups in total. The van der Waals surface area contributed by atoms with E-state index in [0.717, 1.165) is 42.0 Å². The summed E-state index contributed by atoms with van der Waals surface area (Å²) >= 11 is 0. The Hall–Kier alpha value is -2.89. The van der Waals surface area contributed by atoms with E-state index in [0.29, 0.717) is 6.54 Å². The predicted molar refractivity (Wildman–Crippen MR) is 105 cm³/mol. The van der Waals surface area contributed by atoms with Crippen molar-refractivity contribution >= 4 is 22.8 Å². The van der Waals surface area contributed by atoms with Crippen LogP contribution in [0.2, 0.25) is 0 Å². The number of carbonyl (C=O) groups excluding carboxylic acids is 1. The van der Waals surface area contributed by atoms with Gasteiger partial charge in [0.1, 0.15) is 17.8 Å². The van der Waals surface area contributed by atoms with E-state index in [1.54, 1.807) is 6.33 Å². The van der Waals surface area contributed by atoms with E-state index < -0.39 is 0 Å². The Morgan fingerprint density at radius 1 is 1.07 bits per heavy atom. The molecule has 0 atom stereocenters. The van der Waals surface area contributed by atoms with Crippen molar-refractivity contribution in [3.05, 3.63) is 54.0 Å². The normalized spacial score (nSPS) is 18.7. The van der Waals surface area contributed by atoms with Crippen LogP contribution in [-0.2, 0) is 0 Å². The molecule has 6 nitrogen and oxygen atoms in total. The Balaban J connectivity index is 1.43. The lowest BCUT2D eigenvalue weighted by Crippen LogP contribution is -2.36. The number of fused-ring (bicyclic) bond motifs is 1. The van der Waals surface area contributed by atoms with Gasteiger partial charge in [0.25, 0.3) is 5.91 Å². The van der Waals surface area contributed by atoms with Crippen LogP contribution in [0.4, 0.5) is 5.82 Å². The van der Waals surface area contributed by atoms with Gasteiger partial charge in [0.05, 0.1) is 5.39 Å². The number of aromatic nitrogens is 3. The monoisotopic (exact) mass is 361 g/mol. The number of aromatic amines is 1. The van der Waals surface area contributed by atoms with Gasteiger partial charge in [-0.05, 0) is 38.0 Å². The fourth-order valence-electron chi connectivity index (χ4n) is 4.10. The fourth-order valence-corrected chi connectivity index (χ4v) is 4.10. The first kappa shape index (κ1) is 16.3. The van der Waals surface area contributed by atoms with Crippen LogP contribution in [0.3, 0.4) is 0 Å². The zero-order chi connectivity index (χ0) is 18.4. The zero-order valence-corrected chi connectivity index (χ0v) is 15.5. The first-order valence-electron chi connectivity index (χ1n) is 9.53. The topological polar surface area (TPSA) is 65.1 Å². The molecule has 1 aliphatic heterocycles. The van der Waals surface area contributed by atoms with Crippen LogP contribution in [0.15, 0.2) is 42.9 Å². The predicted octanol–water partition coefficient (Wildman–Crippen LogP) is 3.01. The lowest BCUT2D eigenvalue weighted by atomic mass is 10.1. The highest BCUT2D eigenvalue weighted by Crippen LogP contribution is 2.48. The van der Waals surface area contributed by atoms with Crippen molar-refractivity contribution < 1.29 is 4.79 Å². The van der Waals surface area contributed by atoms with E-state index >= 15 is 0 Å². The maximum Gasteiger partial charge on any atom is 0.253 e. The van der Waals surface area contributed by atoms with Gasteiger partial charge in [0.2, 0.25) is 0 Å². The molecule has 5 rings (SSSR count). The van der Waals surface area contributed by atoms with Crippen LogP contribution < -0.4 is 4.90 Å². The van der Waals surface area contributed by atoms with Crippen molar-refractivity contribution in [1.29, 1.82) is 0 Å². The number of nitrogens with one attached hydrogen (secondary N) is 1. The van der Waals surface area contributed by atoms with Gasteiger partial charge in [0.15, 0.2) is 0 Å². The second-order valence-electron chi connectivity index (χ2n) is 7.95. The summed E-state index contributed by atoms with van der Waals surface area (Å²) in [6.45, 7) is 5.32. The van der Waals surface area contributed by atoms with Crippen molar-refractivity contribution in [3.63, 3.8) is 0 Å². The molecule has 27 heavy (non-hydrogen) atoms. The SMILES string of the molecule is Cc1ccc(C(=O)N2CCN(c3ncnc4[nH]ccc34)CC3(CC3)C2)cc1. The highest BCUT2D eigenvalue weighted by molar-refractivity contribution is 5.94. The number of carbonyl (C=O) groups is 1. The number of nitrogens with zero attached hydrogens (tertiary/aromatic N) is 4. The molecule has 0 radical (unpaired) electrons. The Bertz CT molecular complexity index is 989. The van der Waals surface area contributed by atoms with Gasteiger partial charge in [-0.15, -0.1) is 0 Å². The number of anilines is 1. The number of hydrogen-bond donors (Lipinski definition) is 1. The van der Waals surface area contributed by atoms with Gasteiger partial charge in [-0.25, -0.2) is 9.97 Å². The van der Waals surface area contributed by atoms with Crippen LogP contribution in [0.25, 0.3) is 11.0 Å².